The lowest BCUT2D eigenvalue weighted by Crippen LogP contribution is -2.54. The van der Waals surface area contributed by atoms with E-state index in [4.69, 9.17) is 34.8 Å². The van der Waals surface area contributed by atoms with Crippen LogP contribution in [0, 0.1) is 0 Å². The molecule has 1 atom stereocenters. The maximum absolute atomic E-state index is 13.9. The van der Waals surface area contributed by atoms with Gasteiger partial charge in [0.1, 0.15) is 12.6 Å². The Balaban J connectivity index is 2.07. The highest BCUT2D eigenvalue weighted by Crippen LogP contribution is 2.33. The van der Waals surface area contributed by atoms with Crippen LogP contribution in [0.1, 0.15) is 33.3 Å². The first-order chi connectivity index (χ1) is 18.2. The molecular formula is C28H30Cl3N3O4S. The summed E-state index contributed by atoms with van der Waals surface area (Å²) in [5.41, 5.74) is 0.160. The summed E-state index contributed by atoms with van der Waals surface area (Å²) in [4.78, 5) is 28.4. The van der Waals surface area contributed by atoms with E-state index in [1.807, 2.05) is 20.8 Å². The summed E-state index contributed by atoms with van der Waals surface area (Å²) in [6.45, 7) is 6.46. The summed E-state index contributed by atoms with van der Waals surface area (Å²) in [5.74, 6) is -1.02. The summed E-state index contributed by atoms with van der Waals surface area (Å²) >= 11 is 18.8. The lowest BCUT2D eigenvalue weighted by Gasteiger charge is -2.33. The molecule has 208 valence electrons. The molecule has 0 aliphatic rings. The third-order valence-electron chi connectivity index (χ3n) is 5.69. The van der Waals surface area contributed by atoms with Gasteiger partial charge < -0.3 is 10.2 Å². The number of amides is 2. The van der Waals surface area contributed by atoms with E-state index in [1.165, 1.54) is 35.2 Å². The van der Waals surface area contributed by atoms with Gasteiger partial charge in [0, 0.05) is 22.1 Å². The van der Waals surface area contributed by atoms with Crippen molar-refractivity contribution in [2.45, 2.75) is 50.7 Å². The van der Waals surface area contributed by atoms with Gasteiger partial charge in [-0.25, -0.2) is 8.42 Å². The molecule has 0 bridgehead atoms. The number of sulfonamides is 1. The Morgan fingerprint density at radius 2 is 1.54 bits per heavy atom. The minimum Gasteiger partial charge on any atom is -0.350 e. The van der Waals surface area contributed by atoms with Crippen molar-refractivity contribution in [1.82, 2.24) is 10.2 Å². The minimum atomic E-state index is -4.26. The van der Waals surface area contributed by atoms with Crippen LogP contribution >= 0.6 is 34.8 Å². The molecule has 7 nitrogen and oxygen atoms in total. The molecule has 3 aromatic carbocycles. The van der Waals surface area contributed by atoms with Gasteiger partial charge in [-0.05, 0) is 75.7 Å². The van der Waals surface area contributed by atoms with Gasteiger partial charge in [0.15, 0.2) is 0 Å². The van der Waals surface area contributed by atoms with Gasteiger partial charge in [0.25, 0.3) is 10.0 Å². The molecular weight excluding hydrogens is 581 g/mol. The maximum atomic E-state index is 13.9. The first kappa shape index (κ1) is 30.8. The van der Waals surface area contributed by atoms with Crippen molar-refractivity contribution in [2.24, 2.45) is 0 Å². The van der Waals surface area contributed by atoms with Crippen molar-refractivity contribution >= 4 is 62.3 Å². The third kappa shape index (κ3) is 8.11. The molecule has 0 fully saturated rings. The van der Waals surface area contributed by atoms with Crippen molar-refractivity contribution in [2.75, 3.05) is 10.8 Å². The van der Waals surface area contributed by atoms with E-state index in [0.717, 1.165) is 4.31 Å². The number of halogens is 3. The molecule has 0 saturated carbocycles. The number of carbonyl (C=O) groups is 2. The number of hydrogen-bond acceptors (Lipinski definition) is 4. The Bertz CT molecular complexity index is 1440. The molecule has 0 aromatic heterocycles. The molecule has 1 N–H and O–H groups in total. The lowest BCUT2D eigenvalue weighted by atomic mass is 10.1. The van der Waals surface area contributed by atoms with E-state index < -0.39 is 40.0 Å². The smallest absolute Gasteiger partial charge is 0.264 e. The standard InChI is InChI=1S/C28H30Cl3N3O4S/c1-19(27(36)32-28(2,3)4)33(17-20-9-8-10-21(29)15-20)26(35)18-34(25-16-22(30)13-14-24(25)31)39(37,38)23-11-6-5-7-12-23/h5-16,19H,17-18H2,1-4H3,(H,32,36)/t19-/m1/s1. The number of nitrogens with one attached hydrogen (secondary N) is 1. The zero-order chi connectivity index (χ0) is 29.0. The number of carbonyl (C=O) groups excluding carboxylic acids is 2. The zero-order valence-corrected chi connectivity index (χ0v) is 25.1. The fraction of sp³-hybridized carbons (Fsp3) is 0.286. The maximum Gasteiger partial charge on any atom is 0.264 e. The number of rotatable bonds is 9. The predicted octanol–water partition coefficient (Wildman–Crippen LogP) is 6.17. The van der Waals surface area contributed by atoms with Crippen LogP contribution < -0.4 is 9.62 Å². The van der Waals surface area contributed by atoms with Gasteiger partial charge in [-0.2, -0.15) is 0 Å². The highest BCUT2D eigenvalue weighted by molar-refractivity contribution is 7.92. The number of nitrogens with zero attached hydrogens (tertiary/aromatic N) is 2. The average molecular weight is 611 g/mol. The van der Waals surface area contributed by atoms with Crippen LogP contribution in [0.5, 0.6) is 0 Å². The first-order valence-electron chi connectivity index (χ1n) is 12.1. The Morgan fingerprint density at radius 1 is 0.897 bits per heavy atom. The van der Waals surface area contributed by atoms with Gasteiger partial charge in [0.05, 0.1) is 15.6 Å². The summed E-state index contributed by atoms with van der Waals surface area (Å²) in [6, 6.07) is 18.0. The lowest BCUT2D eigenvalue weighted by molar-refractivity contribution is -0.140. The quantitative estimate of drug-likeness (QED) is 0.314. The molecule has 0 aliphatic heterocycles. The number of anilines is 1. The Labute approximate surface area is 244 Å². The van der Waals surface area contributed by atoms with E-state index in [1.54, 1.807) is 49.4 Å². The van der Waals surface area contributed by atoms with Crippen LogP contribution in [-0.2, 0) is 26.2 Å². The van der Waals surface area contributed by atoms with Crippen LogP contribution in [0.3, 0.4) is 0 Å². The van der Waals surface area contributed by atoms with Gasteiger partial charge in [-0.15, -0.1) is 0 Å². The van der Waals surface area contributed by atoms with Crippen LogP contribution in [0.25, 0.3) is 0 Å². The Kier molecular flexibility index (Phi) is 9.93. The normalized spacial score (nSPS) is 12.5. The van der Waals surface area contributed by atoms with E-state index in [2.05, 4.69) is 5.32 Å². The molecule has 0 unspecified atom stereocenters. The second-order valence-electron chi connectivity index (χ2n) is 9.99. The molecule has 2 amide bonds. The Hall–Kier alpha value is -2.78. The predicted molar refractivity (Wildman–Crippen MR) is 157 cm³/mol. The molecule has 0 heterocycles. The van der Waals surface area contributed by atoms with Crippen molar-refractivity contribution in [3.05, 3.63) is 93.4 Å². The second kappa shape index (κ2) is 12.6. The largest absolute Gasteiger partial charge is 0.350 e. The zero-order valence-electron chi connectivity index (χ0n) is 22.0. The van der Waals surface area contributed by atoms with Crippen molar-refractivity contribution in [3.8, 4) is 0 Å². The van der Waals surface area contributed by atoms with Crippen LogP contribution in [0.2, 0.25) is 15.1 Å². The number of benzene rings is 3. The molecule has 0 saturated heterocycles. The summed E-state index contributed by atoms with van der Waals surface area (Å²) in [5, 5.41) is 3.67. The van der Waals surface area contributed by atoms with Crippen molar-refractivity contribution < 1.29 is 18.0 Å². The topological polar surface area (TPSA) is 86.8 Å². The molecule has 0 aliphatic carbocycles. The van der Waals surface area contributed by atoms with Gasteiger partial charge in [-0.1, -0.05) is 65.1 Å². The van der Waals surface area contributed by atoms with Gasteiger partial charge >= 0.3 is 0 Å². The van der Waals surface area contributed by atoms with E-state index in [-0.39, 0.29) is 27.2 Å². The van der Waals surface area contributed by atoms with E-state index in [9.17, 15) is 18.0 Å². The molecule has 3 aromatic rings. The average Bonchev–Trinajstić information content (AvgIpc) is 2.86. The number of hydrogen-bond donors (Lipinski definition) is 1. The highest BCUT2D eigenvalue weighted by Gasteiger charge is 2.34. The molecule has 11 heteroatoms. The molecule has 0 radical (unpaired) electrons. The molecule has 39 heavy (non-hydrogen) atoms. The SMILES string of the molecule is C[C@H](C(=O)NC(C)(C)C)N(Cc1cccc(Cl)c1)C(=O)CN(c1cc(Cl)ccc1Cl)S(=O)(=O)c1ccccc1. The monoisotopic (exact) mass is 609 g/mol. The van der Waals surface area contributed by atoms with Crippen LogP contribution in [-0.4, -0.2) is 43.3 Å². The molecule has 0 spiro atoms. The second-order valence-corrected chi connectivity index (χ2v) is 13.1. The van der Waals surface area contributed by atoms with Crippen LogP contribution in [0.4, 0.5) is 5.69 Å². The Morgan fingerprint density at radius 3 is 2.15 bits per heavy atom. The fourth-order valence-electron chi connectivity index (χ4n) is 3.80. The first-order valence-corrected chi connectivity index (χ1v) is 14.7. The summed E-state index contributed by atoms with van der Waals surface area (Å²) in [6.07, 6.45) is 0. The minimum absolute atomic E-state index is 0.0145. The fourth-order valence-corrected chi connectivity index (χ4v) is 5.89. The highest BCUT2D eigenvalue weighted by atomic mass is 35.5. The van der Waals surface area contributed by atoms with Crippen molar-refractivity contribution in [3.63, 3.8) is 0 Å². The van der Waals surface area contributed by atoms with Crippen molar-refractivity contribution in [1.29, 1.82) is 0 Å². The summed E-state index contributed by atoms with van der Waals surface area (Å²) < 4.78 is 28.5. The van der Waals surface area contributed by atoms with E-state index in [0.29, 0.717) is 10.6 Å². The summed E-state index contributed by atoms with van der Waals surface area (Å²) in [7, 11) is -4.26. The van der Waals surface area contributed by atoms with Gasteiger partial charge in [-0.3, -0.25) is 13.9 Å². The third-order valence-corrected chi connectivity index (χ3v) is 8.26. The van der Waals surface area contributed by atoms with Gasteiger partial charge in [0.2, 0.25) is 11.8 Å². The molecule has 3 rings (SSSR count). The van der Waals surface area contributed by atoms with E-state index >= 15 is 0 Å². The van der Waals surface area contributed by atoms with Crippen LogP contribution in [0.15, 0.2) is 77.7 Å².